The zero-order valence-corrected chi connectivity index (χ0v) is 14.7. The second-order valence-corrected chi connectivity index (χ2v) is 6.47. The molecule has 1 aromatic carbocycles. The molecule has 144 valence electrons. The van der Waals surface area contributed by atoms with Crippen molar-refractivity contribution in [2.24, 2.45) is 0 Å². The van der Waals surface area contributed by atoms with Crippen LogP contribution in [-0.4, -0.2) is 39.9 Å². The van der Waals surface area contributed by atoms with Crippen molar-refractivity contribution in [1.82, 2.24) is 4.90 Å². The number of nitrogens with one attached hydrogen (secondary N) is 1. The second-order valence-electron chi connectivity index (χ2n) is 6.47. The fraction of sp³-hybridized carbons (Fsp3) is 0.529. The van der Waals surface area contributed by atoms with Crippen LogP contribution < -0.4 is 5.32 Å². The zero-order valence-electron chi connectivity index (χ0n) is 14.7. The molecule has 0 spiro atoms. The second kappa shape index (κ2) is 6.79. The summed E-state index contributed by atoms with van der Waals surface area (Å²) in [7, 11) is 0. The average molecular weight is 374 g/mol. The summed E-state index contributed by atoms with van der Waals surface area (Å²) in [6.45, 7) is 4.52. The van der Waals surface area contributed by atoms with E-state index in [9.17, 15) is 27.9 Å². The molecule has 1 aliphatic heterocycles. The lowest BCUT2D eigenvalue weighted by atomic mass is 9.91. The summed E-state index contributed by atoms with van der Waals surface area (Å²) >= 11 is 0. The Hall–Kier alpha value is -2.29. The van der Waals surface area contributed by atoms with E-state index in [1.165, 1.54) is 19.1 Å². The van der Waals surface area contributed by atoms with Crippen LogP contribution in [0.25, 0.3) is 0 Å². The SMILES string of the molecule is CC[C@]1(C)OC(=O)N(CCC(=O)Nc2ccccc2C(F)(F)F)[C@@]1(C)O. The highest BCUT2D eigenvalue weighted by Crippen LogP contribution is 2.39. The lowest BCUT2D eigenvalue weighted by Gasteiger charge is -2.36. The molecule has 1 aromatic rings. The molecular weight excluding hydrogens is 353 g/mol. The summed E-state index contributed by atoms with van der Waals surface area (Å²) in [6.07, 6.45) is -5.32. The van der Waals surface area contributed by atoms with Crippen LogP contribution in [-0.2, 0) is 15.7 Å². The van der Waals surface area contributed by atoms with E-state index in [4.69, 9.17) is 4.74 Å². The first-order valence-corrected chi connectivity index (χ1v) is 8.11. The quantitative estimate of drug-likeness (QED) is 0.828. The maximum absolute atomic E-state index is 13.0. The Morgan fingerprint density at radius 1 is 1.31 bits per heavy atom. The van der Waals surface area contributed by atoms with Crippen molar-refractivity contribution in [3.63, 3.8) is 0 Å². The van der Waals surface area contributed by atoms with Gasteiger partial charge in [-0.1, -0.05) is 19.1 Å². The van der Waals surface area contributed by atoms with Crippen molar-refractivity contribution in [1.29, 1.82) is 0 Å². The van der Waals surface area contributed by atoms with E-state index < -0.39 is 35.1 Å². The Labute approximate surface area is 148 Å². The molecule has 0 aliphatic carbocycles. The summed E-state index contributed by atoms with van der Waals surface area (Å²) in [5, 5.41) is 12.8. The van der Waals surface area contributed by atoms with E-state index in [0.29, 0.717) is 6.42 Å². The molecule has 0 aromatic heterocycles. The van der Waals surface area contributed by atoms with Gasteiger partial charge in [0.15, 0.2) is 11.3 Å². The number of benzene rings is 1. The number of hydrogen-bond acceptors (Lipinski definition) is 4. The van der Waals surface area contributed by atoms with Crippen LogP contribution in [0, 0.1) is 0 Å². The number of ether oxygens (including phenoxy) is 1. The van der Waals surface area contributed by atoms with E-state index in [-0.39, 0.29) is 18.7 Å². The number of hydrogen-bond donors (Lipinski definition) is 2. The van der Waals surface area contributed by atoms with Gasteiger partial charge in [-0.3, -0.25) is 9.69 Å². The Morgan fingerprint density at radius 3 is 2.46 bits per heavy atom. The molecule has 0 radical (unpaired) electrons. The van der Waals surface area contributed by atoms with Crippen molar-refractivity contribution in [3.05, 3.63) is 29.8 Å². The van der Waals surface area contributed by atoms with E-state index in [1.807, 2.05) is 0 Å². The van der Waals surface area contributed by atoms with Gasteiger partial charge in [-0.2, -0.15) is 13.2 Å². The van der Waals surface area contributed by atoms with Crippen LogP contribution in [0.3, 0.4) is 0 Å². The lowest BCUT2D eigenvalue weighted by Crippen LogP contribution is -2.55. The molecule has 1 aliphatic rings. The van der Waals surface area contributed by atoms with Gasteiger partial charge in [0.1, 0.15) is 0 Å². The van der Waals surface area contributed by atoms with Gasteiger partial charge in [0.25, 0.3) is 0 Å². The largest absolute Gasteiger partial charge is 0.438 e. The van der Waals surface area contributed by atoms with E-state index in [2.05, 4.69) is 5.32 Å². The van der Waals surface area contributed by atoms with Crippen LogP contribution in [0.1, 0.15) is 39.2 Å². The molecule has 2 N–H and O–H groups in total. The minimum absolute atomic E-state index is 0.193. The van der Waals surface area contributed by atoms with Crippen molar-refractivity contribution < 1.29 is 32.6 Å². The maximum Gasteiger partial charge on any atom is 0.418 e. The number of amides is 2. The summed E-state index contributed by atoms with van der Waals surface area (Å²) in [5.41, 5.74) is -4.09. The molecule has 0 bridgehead atoms. The van der Waals surface area contributed by atoms with Crippen molar-refractivity contribution in [3.8, 4) is 0 Å². The number of alkyl halides is 3. The average Bonchev–Trinajstić information content (AvgIpc) is 2.70. The topological polar surface area (TPSA) is 78.9 Å². The van der Waals surface area contributed by atoms with Gasteiger partial charge in [-0.25, -0.2) is 4.79 Å². The van der Waals surface area contributed by atoms with Crippen molar-refractivity contribution >= 4 is 17.7 Å². The van der Waals surface area contributed by atoms with Gasteiger partial charge in [0.2, 0.25) is 5.91 Å². The molecule has 1 heterocycles. The van der Waals surface area contributed by atoms with Crippen molar-refractivity contribution in [2.75, 3.05) is 11.9 Å². The number of anilines is 1. The fourth-order valence-electron chi connectivity index (χ4n) is 2.79. The number of carbonyl (C=O) groups is 2. The van der Waals surface area contributed by atoms with Gasteiger partial charge in [-0.05, 0) is 32.4 Å². The number of para-hydroxylation sites is 1. The Morgan fingerprint density at radius 2 is 1.92 bits per heavy atom. The first-order chi connectivity index (χ1) is 11.9. The van der Waals surface area contributed by atoms with Gasteiger partial charge >= 0.3 is 12.3 Å². The fourth-order valence-corrected chi connectivity index (χ4v) is 2.79. The molecule has 9 heteroatoms. The number of carbonyl (C=O) groups excluding carboxylic acids is 2. The van der Waals surface area contributed by atoms with Crippen LogP contribution in [0.15, 0.2) is 24.3 Å². The third-order valence-corrected chi connectivity index (χ3v) is 4.80. The molecule has 2 amide bonds. The van der Waals surface area contributed by atoms with Crippen LogP contribution in [0.2, 0.25) is 0 Å². The Balaban J connectivity index is 2.06. The summed E-state index contributed by atoms with van der Waals surface area (Å²) in [6, 6.07) is 4.61. The van der Waals surface area contributed by atoms with E-state index in [0.717, 1.165) is 17.0 Å². The van der Waals surface area contributed by atoms with Gasteiger partial charge in [0, 0.05) is 13.0 Å². The summed E-state index contributed by atoms with van der Waals surface area (Å²) in [5.74, 6) is -0.713. The van der Waals surface area contributed by atoms with E-state index >= 15 is 0 Å². The highest BCUT2D eigenvalue weighted by atomic mass is 19.4. The molecule has 2 atom stereocenters. The summed E-state index contributed by atoms with van der Waals surface area (Å²) in [4.78, 5) is 25.0. The third-order valence-electron chi connectivity index (χ3n) is 4.80. The molecule has 6 nitrogen and oxygen atoms in total. The molecule has 1 saturated heterocycles. The minimum atomic E-state index is -4.60. The predicted octanol–water partition coefficient (Wildman–Crippen LogP) is 3.36. The van der Waals surface area contributed by atoms with Gasteiger partial charge in [-0.15, -0.1) is 0 Å². The third kappa shape index (κ3) is 3.62. The minimum Gasteiger partial charge on any atom is -0.438 e. The molecule has 1 fully saturated rings. The highest BCUT2D eigenvalue weighted by molar-refractivity contribution is 5.92. The predicted molar refractivity (Wildman–Crippen MR) is 87.2 cm³/mol. The van der Waals surface area contributed by atoms with Gasteiger partial charge in [0.05, 0.1) is 11.3 Å². The normalized spacial score (nSPS) is 26.0. The van der Waals surface area contributed by atoms with Gasteiger partial charge < -0.3 is 15.2 Å². The molecule has 2 rings (SSSR count). The number of rotatable bonds is 5. The molecule has 0 saturated carbocycles. The van der Waals surface area contributed by atoms with Crippen LogP contribution in [0.4, 0.5) is 23.7 Å². The Bertz CT molecular complexity index is 705. The molecular formula is C17H21F3N2O4. The maximum atomic E-state index is 13.0. The number of cyclic esters (lactones) is 1. The first-order valence-electron chi connectivity index (χ1n) is 8.11. The molecule has 26 heavy (non-hydrogen) atoms. The molecule has 0 unspecified atom stereocenters. The summed E-state index contributed by atoms with van der Waals surface area (Å²) < 4.78 is 44.1. The van der Waals surface area contributed by atoms with Crippen LogP contribution in [0.5, 0.6) is 0 Å². The smallest absolute Gasteiger partial charge is 0.418 e. The number of halogens is 3. The first kappa shape index (κ1) is 20.0. The number of aliphatic hydroxyl groups is 1. The van der Waals surface area contributed by atoms with Crippen LogP contribution >= 0.6 is 0 Å². The van der Waals surface area contributed by atoms with E-state index in [1.54, 1.807) is 13.8 Å². The monoisotopic (exact) mass is 374 g/mol. The highest BCUT2D eigenvalue weighted by Gasteiger charge is 2.58. The van der Waals surface area contributed by atoms with Crippen molar-refractivity contribution in [2.45, 2.75) is 51.1 Å². The zero-order chi connectivity index (χ0) is 19.8. The lowest BCUT2D eigenvalue weighted by molar-refractivity contribution is -0.139. The standard InChI is InChI=1S/C17H21F3N2O4/c1-4-15(2)16(3,25)22(14(24)26-15)10-9-13(23)21-12-8-6-5-7-11(12)17(18,19)20/h5-8,25H,4,9-10H2,1-3H3,(H,21,23)/t15-,16-/m0/s1. The Kier molecular flexibility index (Phi) is 5.23. The number of nitrogens with zero attached hydrogens (tertiary/aromatic N) is 1.